The maximum Gasteiger partial charge on any atom is 0.0999 e. The largest absolute Gasteiger partial charge is 0.394 e. The molecule has 1 N–H and O–H groups in total. The van der Waals surface area contributed by atoms with E-state index in [2.05, 4.69) is 16.4 Å². The minimum Gasteiger partial charge on any atom is -0.394 e. The SMILES string of the molecule is N#CCc1nnn(CCO)c1CC1CC1. The Hall–Kier alpha value is -1.41. The fraction of sp³-hybridized carbons (Fsp3) is 0.700. The highest BCUT2D eigenvalue weighted by atomic mass is 16.3. The molecule has 0 saturated heterocycles. The zero-order chi connectivity index (χ0) is 10.7. The highest BCUT2D eigenvalue weighted by Gasteiger charge is 2.25. The lowest BCUT2D eigenvalue weighted by atomic mass is 10.1. The van der Waals surface area contributed by atoms with E-state index >= 15 is 0 Å². The van der Waals surface area contributed by atoms with Crippen molar-refractivity contribution in [3.63, 3.8) is 0 Å². The predicted octanol–water partition coefficient (Wildman–Crippen LogP) is 0.289. The fourth-order valence-corrected chi connectivity index (χ4v) is 1.67. The van der Waals surface area contributed by atoms with E-state index in [1.54, 1.807) is 4.68 Å². The van der Waals surface area contributed by atoms with Crippen LogP contribution in [0.2, 0.25) is 0 Å². The van der Waals surface area contributed by atoms with E-state index in [1.807, 2.05) is 0 Å². The summed E-state index contributed by atoms with van der Waals surface area (Å²) in [7, 11) is 0. The molecule has 1 fully saturated rings. The van der Waals surface area contributed by atoms with Crippen molar-refractivity contribution in [1.29, 1.82) is 5.26 Å². The first kappa shape index (κ1) is 10.1. The third-order valence-electron chi connectivity index (χ3n) is 2.66. The number of hydrogen-bond donors (Lipinski definition) is 1. The van der Waals surface area contributed by atoms with Crippen molar-refractivity contribution in [2.24, 2.45) is 5.92 Å². The van der Waals surface area contributed by atoms with Gasteiger partial charge in [-0.25, -0.2) is 4.68 Å². The first-order chi connectivity index (χ1) is 7.35. The Bertz CT molecular complexity index is 375. The lowest BCUT2D eigenvalue weighted by Crippen LogP contribution is -2.09. The summed E-state index contributed by atoms with van der Waals surface area (Å²) in [6.45, 7) is 0.535. The molecule has 5 heteroatoms. The van der Waals surface area contributed by atoms with E-state index in [0.29, 0.717) is 13.0 Å². The van der Waals surface area contributed by atoms with Gasteiger partial charge in [0, 0.05) is 0 Å². The van der Waals surface area contributed by atoms with Crippen LogP contribution in [0.15, 0.2) is 0 Å². The number of nitriles is 1. The zero-order valence-electron chi connectivity index (χ0n) is 8.56. The second-order valence-corrected chi connectivity index (χ2v) is 3.91. The molecule has 1 heterocycles. The van der Waals surface area contributed by atoms with Gasteiger partial charge in [-0.3, -0.25) is 0 Å². The van der Waals surface area contributed by atoms with Crippen molar-refractivity contribution < 1.29 is 5.11 Å². The zero-order valence-corrected chi connectivity index (χ0v) is 8.56. The smallest absolute Gasteiger partial charge is 0.0999 e. The van der Waals surface area contributed by atoms with Crippen LogP contribution in [-0.2, 0) is 19.4 Å². The summed E-state index contributed by atoms with van der Waals surface area (Å²) in [5.74, 6) is 0.735. The molecule has 15 heavy (non-hydrogen) atoms. The van der Waals surface area contributed by atoms with E-state index in [-0.39, 0.29) is 6.61 Å². The van der Waals surface area contributed by atoms with Gasteiger partial charge in [0.05, 0.1) is 37.0 Å². The van der Waals surface area contributed by atoms with Crippen LogP contribution in [0, 0.1) is 17.2 Å². The highest BCUT2D eigenvalue weighted by Crippen LogP contribution is 2.33. The van der Waals surface area contributed by atoms with Crippen LogP contribution in [0.4, 0.5) is 0 Å². The number of aliphatic hydroxyl groups excluding tert-OH is 1. The average molecular weight is 206 g/mol. The van der Waals surface area contributed by atoms with Gasteiger partial charge in [-0.05, 0) is 25.2 Å². The molecule has 1 saturated carbocycles. The van der Waals surface area contributed by atoms with E-state index in [1.165, 1.54) is 12.8 Å². The summed E-state index contributed by atoms with van der Waals surface area (Å²) in [6.07, 6.45) is 3.78. The number of nitrogens with zero attached hydrogens (tertiary/aromatic N) is 4. The van der Waals surface area contributed by atoms with E-state index in [9.17, 15) is 0 Å². The van der Waals surface area contributed by atoms with Crippen molar-refractivity contribution >= 4 is 0 Å². The molecule has 0 spiro atoms. The standard InChI is InChI=1S/C10H14N4O/c11-4-3-9-10(7-8-1-2-8)14(5-6-15)13-12-9/h8,15H,1-3,5-7H2. The number of aromatic nitrogens is 3. The Morgan fingerprint density at radius 3 is 2.93 bits per heavy atom. The van der Waals surface area contributed by atoms with Crippen molar-refractivity contribution in [2.45, 2.75) is 32.2 Å². The summed E-state index contributed by atoms with van der Waals surface area (Å²) in [4.78, 5) is 0. The van der Waals surface area contributed by atoms with Crippen LogP contribution < -0.4 is 0 Å². The van der Waals surface area contributed by atoms with Gasteiger partial charge < -0.3 is 5.11 Å². The van der Waals surface area contributed by atoms with Crippen LogP contribution in [0.3, 0.4) is 0 Å². The fourth-order valence-electron chi connectivity index (χ4n) is 1.67. The van der Waals surface area contributed by atoms with Crippen molar-refractivity contribution in [2.75, 3.05) is 6.61 Å². The monoisotopic (exact) mass is 206 g/mol. The van der Waals surface area contributed by atoms with Crippen LogP contribution in [0.1, 0.15) is 24.2 Å². The number of rotatable bonds is 5. The molecular weight excluding hydrogens is 192 g/mol. The Morgan fingerprint density at radius 1 is 1.53 bits per heavy atom. The van der Waals surface area contributed by atoms with Gasteiger partial charge in [-0.2, -0.15) is 5.26 Å². The lowest BCUT2D eigenvalue weighted by molar-refractivity contribution is 0.265. The first-order valence-electron chi connectivity index (χ1n) is 5.24. The molecular formula is C10H14N4O. The Morgan fingerprint density at radius 2 is 2.33 bits per heavy atom. The molecule has 1 aromatic rings. The van der Waals surface area contributed by atoms with Crippen LogP contribution in [-0.4, -0.2) is 26.7 Å². The summed E-state index contributed by atoms with van der Waals surface area (Å²) >= 11 is 0. The lowest BCUT2D eigenvalue weighted by Gasteiger charge is -2.04. The summed E-state index contributed by atoms with van der Waals surface area (Å²) in [5.41, 5.74) is 1.81. The molecule has 2 rings (SSSR count). The summed E-state index contributed by atoms with van der Waals surface area (Å²) in [5, 5.41) is 25.5. The molecule has 1 aliphatic rings. The molecule has 0 unspecified atom stereocenters. The molecule has 80 valence electrons. The Kier molecular flexibility index (Phi) is 2.97. The molecule has 0 aromatic carbocycles. The van der Waals surface area contributed by atoms with Crippen LogP contribution in [0.25, 0.3) is 0 Å². The second-order valence-electron chi connectivity index (χ2n) is 3.91. The Labute approximate surface area is 88.3 Å². The second kappa shape index (κ2) is 4.41. The van der Waals surface area contributed by atoms with Crippen molar-refractivity contribution in [3.8, 4) is 6.07 Å². The minimum absolute atomic E-state index is 0.0625. The third kappa shape index (κ3) is 2.34. The molecule has 1 aromatic heterocycles. The molecule has 0 atom stereocenters. The number of hydrogen-bond acceptors (Lipinski definition) is 4. The van der Waals surface area contributed by atoms with Crippen molar-refractivity contribution in [3.05, 3.63) is 11.4 Å². The molecule has 0 bridgehead atoms. The summed E-state index contributed by atoms with van der Waals surface area (Å²) < 4.78 is 1.73. The van der Waals surface area contributed by atoms with Gasteiger partial charge in [-0.15, -0.1) is 5.10 Å². The van der Waals surface area contributed by atoms with E-state index < -0.39 is 0 Å². The Balaban J connectivity index is 2.17. The van der Waals surface area contributed by atoms with Crippen molar-refractivity contribution in [1.82, 2.24) is 15.0 Å². The topological polar surface area (TPSA) is 74.7 Å². The first-order valence-corrected chi connectivity index (χ1v) is 5.24. The molecule has 0 aliphatic heterocycles. The van der Waals surface area contributed by atoms with Gasteiger partial charge in [0.15, 0.2) is 0 Å². The van der Waals surface area contributed by atoms with Gasteiger partial charge in [-0.1, -0.05) is 5.21 Å². The third-order valence-corrected chi connectivity index (χ3v) is 2.66. The predicted molar refractivity (Wildman–Crippen MR) is 52.9 cm³/mol. The van der Waals surface area contributed by atoms with Gasteiger partial charge >= 0.3 is 0 Å². The van der Waals surface area contributed by atoms with Gasteiger partial charge in [0.25, 0.3) is 0 Å². The van der Waals surface area contributed by atoms with E-state index in [0.717, 1.165) is 23.7 Å². The van der Waals surface area contributed by atoms with Gasteiger partial charge in [0.1, 0.15) is 0 Å². The number of aliphatic hydroxyl groups is 1. The minimum atomic E-state index is 0.0625. The molecule has 1 aliphatic carbocycles. The van der Waals surface area contributed by atoms with Gasteiger partial charge in [0.2, 0.25) is 0 Å². The summed E-state index contributed by atoms with van der Waals surface area (Å²) in [6, 6.07) is 2.10. The molecule has 0 radical (unpaired) electrons. The van der Waals surface area contributed by atoms with E-state index in [4.69, 9.17) is 10.4 Å². The molecule has 5 nitrogen and oxygen atoms in total. The maximum atomic E-state index is 8.88. The molecule has 0 amide bonds. The van der Waals surface area contributed by atoms with Crippen LogP contribution in [0.5, 0.6) is 0 Å². The maximum absolute atomic E-state index is 8.88. The normalized spacial score (nSPS) is 15.2. The van der Waals surface area contributed by atoms with Crippen LogP contribution >= 0.6 is 0 Å². The quantitative estimate of drug-likeness (QED) is 0.751. The highest BCUT2D eigenvalue weighted by molar-refractivity contribution is 5.16. The average Bonchev–Trinajstić information content (AvgIpc) is 2.96.